The van der Waals surface area contributed by atoms with Gasteiger partial charge in [-0.05, 0) is 83.5 Å². The van der Waals surface area contributed by atoms with Crippen LogP contribution in [0.25, 0.3) is 0 Å². The summed E-state index contributed by atoms with van der Waals surface area (Å²) in [4.78, 5) is 4.64. The van der Waals surface area contributed by atoms with Crippen molar-refractivity contribution in [1.82, 2.24) is 0 Å². The van der Waals surface area contributed by atoms with Gasteiger partial charge in [-0.2, -0.15) is 0 Å². The standard InChI is InChI=1S/C31H20BNO2S/c1-19-16-24-30-28(17-19)34-25-12-3-2-10-22(25)32(30)23-11-7-14-27-31(23)33(24)20-8-6-9-21(18-20)36-29-15-5-4-13-26(29)35-27/h2-18H,1H3. The molecule has 0 fully saturated rings. The summed E-state index contributed by atoms with van der Waals surface area (Å²) in [6, 6.07) is 36.3. The summed E-state index contributed by atoms with van der Waals surface area (Å²) in [5.41, 5.74) is 8.12. The van der Waals surface area contributed by atoms with Gasteiger partial charge in [0.25, 0.3) is 6.71 Å². The first kappa shape index (κ1) is 20.1. The van der Waals surface area contributed by atoms with Crippen molar-refractivity contribution >= 4 is 51.9 Å². The summed E-state index contributed by atoms with van der Waals surface area (Å²) < 4.78 is 13.2. The van der Waals surface area contributed by atoms with Gasteiger partial charge in [-0.25, -0.2) is 0 Å². The number of ether oxygens (including phenoxy) is 2. The molecule has 8 rings (SSSR count). The maximum atomic E-state index is 6.73. The average molecular weight is 481 g/mol. The molecule has 0 radical (unpaired) electrons. The lowest BCUT2D eigenvalue weighted by Gasteiger charge is -2.41. The topological polar surface area (TPSA) is 21.7 Å². The molecule has 3 aliphatic heterocycles. The van der Waals surface area contributed by atoms with E-state index in [-0.39, 0.29) is 6.71 Å². The molecule has 3 heterocycles. The predicted molar refractivity (Wildman–Crippen MR) is 148 cm³/mol. The third-order valence-corrected chi connectivity index (χ3v) is 8.23. The number of fused-ring (bicyclic) bond motifs is 8. The zero-order valence-electron chi connectivity index (χ0n) is 19.6. The maximum absolute atomic E-state index is 6.73. The third kappa shape index (κ3) is 2.84. The number of anilines is 3. The summed E-state index contributed by atoms with van der Waals surface area (Å²) in [6.07, 6.45) is 0. The fourth-order valence-electron chi connectivity index (χ4n) is 5.75. The van der Waals surface area contributed by atoms with Crippen LogP contribution in [-0.2, 0) is 0 Å². The lowest BCUT2D eigenvalue weighted by molar-refractivity contribution is 0.472. The molecule has 0 atom stereocenters. The summed E-state index contributed by atoms with van der Waals surface area (Å²) in [6.45, 7) is 2.20. The molecule has 0 amide bonds. The first-order valence-electron chi connectivity index (χ1n) is 12.1. The van der Waals surface area contributed by atoms with E-state index in [9.17, 15) is 0 Å². The normalized spacial score (nSPS) is 13.9. The highest BCUT2D eigenvalue weighted by Gasteiger charge is 2.43. The van der Waals surface area contributed by atoms with Crippen molar-refractivity contribution in [3.63, 3.8) is 0 Å². The van der Waals surface area contributed by atoms with Crippen molar-refractivity contribution in [3.8, 4) is 23.0 Å². The van der Waals surface area contributed by atoms with E-state index >= 15 is 0 Å². The Morgan fingerprint density at radius 2 is 1.42 bits per heavy atom. The van der Waals surface area contributed by atoms with Gasteiger partial charge in [-0.15, -0.1) is 0 Å². The molecule has 5 aromatic carbocycles. The van der Waals surface area contributed by atoms with Gasteiger partial charge in [0, 0.05) is 16.3 Å². The predicted octanol–water partition coefficient (Wildman–Crippen LogP) is 6.66. The van der Waals surface area contributed by atoms with Crippen LogP contribution in [0.2, 0.25) is 0 Å². The van der Waals surface area contributed by atoms with Crippen molar-refractivity contribution in [2.24, 2.45) is 0 Å². The zero-order chi connectivity index (χ0) is 23.8. The Labute approximate surface area is 214 Å². The SMILES string of the molecule is Cc1cc2c3c(c1)N1c4cccc(c4)Sc4ccccc4Oc4cccc(c41)B3c1ccccc1O2. The lowest BCUT2D eigenvalue weighted by Crippen LogP contribution is -2.59. The molecule has 5 heteroatoms. The van der Waals surface area contributed by atoms with Crippen LogP contribution in [0, 0.1) is 6.92 Å². The molecule has 5 aromatic rings. The van der Waals surface area contributed by atoms with E-state index in [0.717, 1.165) is 50.5 Å². The monoisotopic (exact) mass is 481 g/mol. The molecule has 0 spiro atoms. The van der Waals surface area contributed by atoms with Gasteiger partial charge in [-0.3, -0.25) is 0 Å². The Hall–Kier alpha value is -4.09. The summed E-state index contributed by atoms with van der Waals surface area (Å²) >= 11 is 1.73. The number of hydrogen-bond acceptors (Lipinski definition) is 4. The Bertz CT molecular complexity index is 1720. The largest absolute Gasteiger partial charge is 0.458 e. The molecule has 36 heavy (non-hydrogen) atoms. The van der Waals surface area contributed by atoms with Crippen molar-refractivity contribution < 1.29 is 9.47 Å². The Morgan fingerprint density at radius 3 is 2.36 bits per heavy atom. The van der Waals surface area contributed by atoms with Crippen LogP contribution in [0.1, 0.15) is 5.56 Å². The summed E-state index contributed by atoms with van der Waals surface area (Å²) in [5, 5.41) is 0. The van der Waals surface area contributed by atoms with E-state index in [1.165, 1.54) is 21.3 Å². The van der Waals surface area contributed by atoms with Crippen LogP contribution in [0.4, 0.5) is 17.1 Å². The van der Waals surface area contributed by atoms with Gasteiger partial charge in [0.2, 0.25) is 0 Å². The molecule has 0 N–H and O–H groups in total. The zero-order valence-corrected chi connectivity index (χ0v) is 20.4. The summed E-state index contributed by atoms with van der Waals surface area (Å²) in [7, 11) is 0. The molecule has 0 saturated carbocycles. The minimum atomic E-state index is 0.0612. The van der Waals surface area contributed by atoms with E-state index in [1.807, 2.05) is 12.1 Å². The molecular weight excluding hydrogens is 461 g/mol. The highest BCUT2D eigenvalue weighted by atomic mass is 32.2. The second-order valence-electron chi connectivity index (χ2n) is 9.45. The lowest BCUT2D eigenvalue weighted by atomic mass is 9.34. The molecule has 0 unspecified atom stereocenters. The smallest absolute Gasteiger partial charge is 0.256 e. The van der Waals surface area contributed by atoms with E-state index in [2.05, 4.69) is 103 Å². The quantitative estimate of drug-likeness (QED) is 0.226. The number of aryl methyl sites for hydroxylation is 1. The molecule has 170 valence electrons. The number of hydrogen-bond donors (Lipinski definition) is 0. The van der Waals surface area contributed by atoms with Crippen molar-refractivity contribution in [1.29, 1.82) is 0 Å². The van der Waals surface area contributed by atoms with Gasteiger partial charge >= 0.3 is 0 Å². The van der Waals surface area contributed by atoms with Crippen LogP contribution in [0.5, 0.6) is 23.0 Å². The first-order chi connectivity index (χ1) is 17.7. The number of nitrogens with zero attached hydrogens (tertiary/aromatic N) is 1. The highest BCUT2D eigenvalue weighted by Crippen LogP contribution is 2.48. The molecule has 2 bridgehead atoms. The number of benzene rings is 5. The average Bonchev–Trinajstić information content (AvgIpc) is 2.89. The molecule has 3 aliphatic rings. The Morgan fingerprint density at radius 1 is 0.667 bits per heavy atom. The Kier molecular flexibility index (Phi) is 4.17. The van der Waals surface area contributed by atoms with Gasteiger partial charge in [0.1, 0.15) is 17.2 Å². The molecule has 3 nitrogen and oxygen atoms in total. The molecule has 0 saturated heterocycles. The maximum Gasteiger partial charge on any atom is 0.256 e. The van der Waals surface area contributed by atoms with Gasteiger partial charge < -0.3 is 14.4 Å². The van der Waals surface area contributed by atoms with Crippen molar-refractivity contribution in [2.75, 3.05) is 4.90 Å². The van der Waals surface area contributed by atoms with Crippen molar-refractivity contribution in [3.05, 3.63) is 109 Å². The summed E-state index contributed by atoms with van der Waals surface area (Å²) in [5.74, 6) is 3.57. The van der Waals surface area contributed by atoms with Gasteiger partial charge in [-0.1, -0.05) is 60.3 Å². The van der Waals surface area contributed by atoms with Gasteiger partial charge in [0.05, 0.1) is 10.6 Å². The molecular formula is C31H20BNO2S. The second kappa shape index (κ2) is 7.46. The minimum Gasteiger partial charge on any atom is -0.458 e. The van der Waals surface area contributed by atoms with Crippen LogP contribution < -0.4 is 30.8 Å². The fraction of sp³-hybridized carbons (Fsp3) is 0.0323. The fourth-order valence-corrected chi connectivity index (χ4v) is 6.68. The van der Waals surface area contributed by atoms with E-state index in [1.54, 1.807) is 11.8 Å². The van der Waals surface area contributed by atoms with Crippen LogP contribution in [-0.4, -0.2) is 6.71 Å². The van der Waals surface area contributed by atoms with E-state index in [0.29, 0.717) is 0 Å². The third-order valence-electron chi connectivity index (χ3n) is 7.18. The first-order valence-corrected chi connectivity index (χ1v) is 13.0. The second-order valence-corrected chi connectivity index (χ2v) is 10.6. The van der Waals surface area contributed by atoms with E-state index in [4.69, 9.17) is 9.47 Å². The van der Waals surface area contributed by atoms with Crippen LogP contribution in [0.15, 0.2) is 113 Å². The number of rotatable bonds is 0. The Balaban J connectivity index is 1.50. The van der Waals surface area contributed by atoms with Crippen molar-refractivity contribution in [2.45, 2.75) is 16.7 Å². The highest BCUT2D eigenvalue weighted by molar-refractivity contribution is 7.99. The van der Waals surface area contributed by atoms with E-state index < -0.39 is 0 Å². The van der Waals surface area contributed by atoms with Crippen LogP contribution in [0.3, 0.4) is 0 Å². The molecule has 0 aromatic heterocycles. The number of para-hydroxylation sites is 3. The van der Waals surface area contributed by atoms with Crippen LogP contribution >= 0.6 is 11.8 Å². The minimum absolute atomic E-state index is 0.0612. The van der Waals surface area contributed by atoms with Gasteiger partial charge in [0.15, 0.2) is 5.75 Å². The molecule has 0 aliphatic carbocycles.